The number of urea groups is 1. The molecule has 44 heavy (non-hydrogen) atoms. The molecule has 1 aliphatic heterocycles. The number of benzene rings is 2. The Labute approximate surface area is 261 Å². The average molecular weight is 605 g/mol. The van der Waals surface area contributed by atoms with Crippen LogP contribution in [0.2, 0.25) is 0 Å². The molecule has 1 aliphatic rings. The van der Waals surface area contributed by atoms with E-state index in [0.29, 0.717) is 35.8 Å². The summed E-state index contributed by atoms with van der Waals surface area (Å²) >= 11 is 0. The molecule has 9 heteroatoms. The van der Waals surface area contributed by atoms with E-state index >= 15 is 0 Å². The summed E-state index contributed by atoms with van der Waals surface area (Å²) in [5.41, 5.74) is 4.04. The maximum Gasteiger partial charge on any atom is 0.323 e. The van der Waals surface area contributed by atoms with E-state index in [1.165, 1.54) is 0 Å². The van der Waals surface area contributed by atoms with Crippen molar-refractivity contribution in [2.24, 2.45) is 0 Å². The van der Waals surface area contributed by atoms with E-state index in [4.69, 9.17) is 14.2 Å². The smallest absolute Gasteiger partial charge is 0.323 e. The van der Waals surface area contributed by atoms with Crippen molar-refractivity contribution in [3.8, 4) is 22.6 Å². The number of amides is 2. The Kier molecular flexibility index (Phi) is 11.9. The number of carbonyl (C=O) groups excluding carboxylic acids is 1. The Morgan fingerprint density at radius 1 is 0.932 bits per heavy atom. The van der Waals surface area contributed by atoms with Gasteiger partial charge in [-0.25, -0.2) is 4.79 Å². The molecule has 2 aromatic carbocycles. The van der Waals surface area contributed by atoms with Gasteiger partial charge in [0, 0.05) is 49.2 Å². The highest BCUT2D eigenvalue weighted by atomic mass is 16.5. The number of carbonyl (C=O) groups is 1. The molecule has 0 aliphatic carbocycles. The van der Waals surface area contributed by atoms with Gasteiger partial charge in [-0.2, -0.15) is 0 Å². The zero-order chi connectivity index (χ0) is 31.6. The van der Waals surface area contributed by atoms with E-state index in [2.05, 4.69) is 50.2 Å². The van der Waals surface area contributed by atoms with Crippen molar-refractivity contribution in [2.75, 3.05) is 57.2 Å². The molecular formula is C35H48N4O5. The van der Waals surface area contributed by atoms with E-state index in [1.807, 2.05) is 42.5 Å². The summed E-state index contributed by atoms with van der Waals surface area (Å²) in [6.45, 7) is 15.5. The zero-order valence-corrected chi connectivity index (χ0v) is 27.1. The second kappa shape index (κ2) is 15.8. The summed E-state index contributed by atoms with van der Waals surface area (Å²) in [5.74, 6) is 1.65. The van der Waals surface area contributed by atoms with Crippen LogP contribution in [0.15, 0.2) is 53.5 Å². The lowest BCUT2D eigenvalue weighted by Gasteiger charge is -2.26. The lowest BCUT2D eigenvalue weighted by molar-refractivity contribution is 0.0323. The number of nitrogens with zero attached hydrogens (tertiary/aromatic N) is 2. The van der Waals surface area contributed by atoms with E-state index < -0.39 is 6.03 Å². The maximum absolute atomic E-state index is 13.9. The van der Waals surface area contributed by atoms with Crippen LogP contribution < -0.4 is 25.7 Å². The molecule has 1 aromatic heterocycles. The molecule has 0 saturated carbocycles. The Balaban J connectivity index is 1.71. The van der Waals surface area contributed by atoms with Crippen molar-refractivity contribution < 1.29 is 19.0 Å². The van der Waals surface area contributed by atoms with Crippen LogP contribution in [0, 0.1) is 0 Å². The number of para-hydroxylation sites is 1. The molecular weight excluding hydrogens is 556 g/mol. The first kappa shape index (κ1) is 33.1. The quantitative estimate of drug-likeness (QED) is 0.220. The zero-order valence-electron chi connectivity index (χ0n) is 27.1. The third-order valence-corrected chi connectivity index (χ3v) is 8.01. The van der Waals surface area contributed by atoms with Gasteiger partial charge in [0.05, 0.1) is 20.3 Å². The summed E-state index contributed by atoms with van der Waals surface area (Å²) in [4.78, 5) is 29.9. The fourth-order valence-electron chi connectivity index (χ4n) is 5.46. The van der Waals surface area contributed by atoms with Crippen molar-refractivity contribution >= 4 is 17.4 Å². The number of rotatable bonds is 13. The predicted octanol–water partition coefficient (Wildman–Crippen LogP) is 6.93. The van der Waals surface area contributed by atoms with Crippen molar-refractivity contribution in [2.45, 2.75) is 65.8 Å². The first-order valence-corrected chi connectivity index (χ1v) is 15.8. The number of anilines is 2. The standard InChI is InChI=1S/C35H48N4O5/c1-7-8-15-39-16-14-29(30-23-26(42-6)12-13-31(30)44-22-19-38-17-20-43-21-18-38)33(34(39)40)37-35(41)36-32-27(24(2)3)10-9-11-28(32)25(4)5/h9-14,16,23-25H,7-8,15,17-22H2,1-6H3,(H2,36,37,41). The molecule has 1 saturated heterocycles. The Morgan fingerprint density at radius 3 is 2.25 bits per heavy atom. The second-order valence-corrected chi connectivity index (χ2v) is 11.8. The number of methoxy groups -OCH3 is 1. The van der Waals surface area contributed by atoms with Crippen LogP contribution in [0.5, 0.6) is 11.5 Å². The number of nitrogens with one attached hydrogen (secondary N) is 2. The van der Waals surface area contributed by atoms with Crippen molar-refractivity contribution in [3.63, 3.8) is 0 Å². The first-order valence-electron chi connectivity index (χ1n) is 15.8. The van der Waals surface area contributed by atoms with Crippen molar-refractivity contribution in [1.82, 2.24) is 9.47 Å². The van der Waals surface area contributed by atoms with E-state index in [1.54, 1.807) is 17.9 Å². The monoisotopic (exact) mass is 604 g/mol. The van der Waals surface area contributed by atoms with Gasteiger partial charge in [-0.15, -0.1) is 0 Å². The van der Waals surface area contributed by atoms with E-state index in [-0.39, 0.29) is 23.1 Å². The lowest BCUT2D eigenvalue weighted by Crippen LogP contribution is -2.38. The number of hydrogen-bond donors (Lipinski definition) is 2. The Bertz CT molecular complexity index is 1430. The van der Waals surface area contributed by atoms with Gasteiger partial charge < -0.3 is 29.4 Å². The van der Waals surface area contributed by atoms with Gasteiger partial charge in [-0.1, -0.05) is 59.2 Å². The molecule has 9 nitrogen and oxygen atoms in total. The topological polar surface area (TPSA) is 94.1 Å². The number of aryl methyl sites for hydroxylation is 1. The molecule has 2 heterocycles. The fourth-order valence-corrected chi connectivity index (χ4v) is 5.46. The molecule has 0 radical (unpaired) electrons. The molecule has 3 aromatic rings. The summed E-state index contributed by atoms with van der Waals surface area (Å²) in [6.07, 6.45) is 3.58. The molecule has 1 fully saturated rings. The van der Waals surface area contributed by atoms with Crippen LogP contribution in [0.25, 0.3) is 11.1 Å². The first-order chi connectivity index (χ1) is 21.2. The minimum Gasteiger partial charge on any atom is -0.497 e. The number of hydrogen-bond acceptors (Lipinski definition) is 6. The van der Waals surface area contributed by atoms with Crippen LogP contribution in [-0.2, 0) is 11.3 Å². The summed E-state index contributed by atoms with van der Waals surface area (Å²) < 4.78 is 19.0. The maximum atomic E-state index is 13.9. The van der Waals surface area contributed by atoms with Crippen LogP contribution in [0.3, 0.4) is 0 Å². The van der Waals surface area contributed by atoms with Crippen molar-refractivity contribution in [3.05, 3.63) is 70.1 Å². The molecule has 0 spiro atoms. The molecule has 238 valence electrons. The van der Waals surface area contributed by atoms with Gasteiger partial charge in [-0.05, 0) is 53.6 Å². The van der Waals surface area contributed by atoms with Crippen LogP contribution in [0.1, 0.15) is 70.4 Å². The van der Waals surface area contributed by atoms with Crippen LogP contribution >= 0.6 is 0 Å². The minimum absolute atomic E-state index is 0.195. The predicted molar refractivity (Wildman–Crippen MR) is 178 cm³/mol. The lowest BCUT2D eigenvalue weighted by atomic mass is 9.93. The number of ether oxygens (including phenoxy) is 3. The highest BCUT2D eigenvalue weighted by Crippen LogP contribution is 2.37. The SMILES string of the molecule is CCCCn1ccc(-c2cc(OC)ccc2OCCN2CCOCC2)c(NC(=O)Nc2c(C(C)C)cccc2C(C)C)c1=O. The van der Waals surface area contributed by atoms with Crippen LogP contribution in [-0.4, -0.2) is 62.1 Å². The second-order valence-electron chi connectivity index (χ2n) is 11.8. The molecule has 0 atom stereocenters. The Hall–Kier alpha value is -3.82. The van der Waals surface area contributed by atoms with Gasteiger partial charge >= 0.3 is 6.03 Å². The third-order valence-electron chi connectivity index (χ3n) is 8.01. The van der Waals surface area contributed by atoms with E-state index in [0.717, 1.165) is 62.5 Å². The normalized spacial score (nSPS) is 13.7. The van der Waals surface area contributed by atoms with Gasteiger partial charge in [0.25, 0.3) is 5.56 Å². The number of pyridine rings is 1. The molecule has 4 rings (SSSR count). The number of aromatic nitrogens is 1. The number of morpholine rings is 1. The molecule has 0 bridgehead atoms. The summed E-state index contributed by atoms with van der Waals surface area (Å²) in [7, 11) is 1.60. The Morgan fingerprint density at radius 2 is 1.61 bits per heavy atom. The van der Waals surface area contributed by atoms with Crippen molar-refractivity contribution in [1.29, 1.82) is 0 Å². The summed E-state index contributed by atoms with van der Waals surface area (Å²) in [5, 5.41) is 6.04. The van der Waals surface area contributed by atoms with Crippen LogP contribution in [0.4, 0.5) is 16.2 Å². The van der Waals surface area contributed by atoms with Gasteiger partial charge in [-0.3, -0.25) is 9.69 Å². The van der Waals surface area contributed by atoms with E-state index in [9.17, 15) is 9.59 Å². The highest BCUT2D eigenvalue weighted by molar-refractivity contribution is 6.03. The fraction of sp³-hybridized carbons (Fsp3) is 0.486. The molecule has 2 N–H and O–H groups in total. The van der Waals surface area contributed by atoms with Gasteiger partial charge in [0.1, 0.15) is 23.8 Å². The molecule has 2 amide bonds. The third kappa shape index (κ3) is 8.21. The minimum atomic E-state index is -0.468. The number of unbranched alkanes of at least 4 members (excludes halogenated alkanes) is 1. The van der Waals surface area contributed by atoms with Gasteiger partial charge in [0.15, 0.2) is 0 Å². The highest BCUT2D eigenvalue weighted by Gasteiger charge is 2.21. The largest absolute Gasteiger partial charge is 0.497 e. The van der Waals surface area contributed by atoms with Gasteiger partial charge in [0.2, 0.25) is 0 Å². The molecule has 0 unspecified atom stereocenters. The summed E-state index contributed by atoms with van der Waals surface area (Å²) in [6, 6.07) is 13.0. The average Bonchev–Trinajstić information content (AvgIpc) is 3.02.